The second-order valence-electron chi connectivity index (χ2n) is 8.23. The topological polar surface area (TPSA) is 108 Å². The van der Waals surface area contributed by atoms with Gasteiger partial charge in [-0.3, -0.25) is 19.3 Å². The van der Waals surface area contributed by atoms with E-state index in [1.54, 1.807) is 12.1 Å². The van der Waals surface area contributed by atoms with Crippen molar-refractivity contribution in [1.82, 2.24) is 10.2 Å². The molecule has 3 fully saturated rings. The Labute approximate surface area is 162 Å². The fourth-order valence-electron chi connectivity index (χ4n) is 5.33. The number of nitrogens with zero attached hydrogens (tertiary/aromatic N) is 1. The van der Waals surface area contributed by atoms with Crippen molar-refractivity contribution in [2.24, 2.45) is 23.7 Å². The quantitative estimate of drug-likeness (QED) is 0.650. The van der Waals surface area contributed by atoms with E-state index in [1.165, 1.54) is 0 Å². The van der Waals surface area contributed by atoms with Gasteiger partial charge in [0.05, 0.1) is 17.5 Å². The normalized spacial score (nSPS) is 32.6. The molecule has 3 N–H and O–H groups in total. The summed E-state index contributed by atoms with van der Waals surface area (Å²) in [5, 5.41) is 15.2. The maximum Gasteiger partial charge on any atom is 0.240 e. The van der Waals surface area contributed by atoms with E-state index in [0.29, 0.717) is 23.3 Å². The number of hydrogen-bond donors (Lipinski definition) is 3. The van der Waals surface area contributed by atoms with Crippen molar-refractivity contribution >= 4 is 23.4 Å². The van der Waals surface area contributed by atoms with E-state index in [9.17, 15) is 19.5 Å². The van der Waals surface area contributed by atoms with Gasteiger partial charge in [0.25, 0.3) is 0 Å². The Morgan fingerprint density at radius 2 is 1.93 bits per heavy atom. The van der Waals surface area contributed by atoms with Gasteiger partial charge in [-0.2, -0.15) is 0 Å². The molecule has 4 aliphatic rings. The average Bonchev–Trinajstić information content (AvgIpc) is 3.36. The molecule has 2 aliphatic carbocycles. The molecule has 1 aromatic carbocycles. The number of aliphatic hydroxyl groups excluding tert-OH is 1. The molecule has 28 heavy (non-hydrogen) atoms. The average molecular weight is 385 g/mol. The van der Waals surface area contributed by atoms with Crippen LogP contribution in [0.2, 0.25) is 0 Å². The monoisotopic (exact) mass is 385 g/mol. The zero-order valence-electron chi connectivity index (χ0n) is 15.4. The van der Waals surface area contributed by atoms with E-state index < -0.39 is 6.23 Å². The molecule has 5 rings (SSSR count). The SMILES string of the molecule is O=C(CN1C(=O)[C@@H]2[C@H]3CC[C@H](C3)[C@@H]2C1=O)NCc1ccc2c(c1)OC[C@@H](O)N2. The van der Waals surface area contributed by atoms with Gasteiger partial charge in [-0.15, -0.1) is 0 Å². The first kappa shape index (κ1) is 17.5. The van der Waals surface area contributed by atoms with Gasteiger partial charge < -0.3 is 20.5 Å². The Morgan fingerprint density at radius 3 is 2.64 bits per heavy atom. The highest BCUT2D eigenvalue weighted by Gasteiger charge is 2.60. The Morgan fingerprint density at radius 1 is 1.21 bits per heavy atom. The minimum absolute atomic E-state index is 0.159. The number of carbonyl (C=O) groups is 3. The highest BCUT2D eigenvalue weighted by atomic mass is 16.5. The van der Waals surface area contributed by atoms with Gasteiger partial charge in [0.2, 0.25) is 17.7 Å². The molecule has 3 amide bonds. The van der Waals surface area contributed by atoms with Gasteiger partial charge in [-0.1, -0.05) is 6.07 Å². The van der Waals surface area contributed by atoms with Gasteiger partial charge in [-0.25, -0.2) is 0 Å². The van der Waals surface area contributed by atoms with Crippen LogP contribution in [0.4, 0.5) is 5.69 Å². The fraction of sp³-hybridized carbons (Fsp3) is 0.550. The lowest BCUT2D eigenvalue weighted by molar-refractivity contribution is -0.144. The first-order valence-corrected chi connectivity index (χ1v) is 9.83. The number of anilines is 1. The number of nitrogens with one attached hydrogen (secondary N) is 2. The maximum absolute atomic E-state index is 12.7. The minimum atomic E-state index is -0.733. The highest BCUT2D eigenvalue weighted by Crippen LogP contribution is 2.56. The van der Waals surface area contributed by atoms with Crippen LogP contribution in [0.3, 0.4) is 0 Å². The number of imide groups is 1. The fourth-order valence-corrected chi connectivity index (χ4v) is 5.33. The number of rotatable bonds is 4. The molecule has 0 spiro atoms. The molecular formula is C20H23N3O5. The van der Waals surface area contributed by atoms with Crippen molar-refractivity contribution in [1.29, 1.82) is 0 Å². The van der Waals surface area contributed by atoms with E-state index in [4.69, 9.17) is 4.74 Å². The zero-order valence-corrected chi connectivity index (χ0v) is 15.4. The summed E-state index contributed by atoms with van der Waals surface area (Å²) >= 11 is 0. The molecule has 2 heterocycles. The van der Waals surface area contributed by atoms with Crippen LogP contribution in [-0.2, 0) is 20.9 Å². The van der Waals surface area contributed by atoms with Gasteiger partial charge in [0.1, 0.15) is 18.9 Å². The lowest BCUT2D eigenvalue weighted by atomic mass is 9.81. The standard InChI is InChI=1S/C20H23N3O5/c24-15(21-7-10-1-4-13-14(5-10)28-9-16(25)22-13)8-23-19(26)17-11-2-3-12(6-11)18(17)20(23)27/h1,4-5,11-12,16-18,22,25H,2-3,6-9H2,(H,21,24)/t11-,12+,16-,17+,18-/m1/s1. The van der Waals surface area contributed by atoms with E-state index in [1.807, 2.05) is 6.07 Å². The Balaban J connectivity index is 1.19. The summed E-state index contributed by atoms with van der Waals surface area (Å²) in [5.74, 6) is 0.198. The number of aliphatic hydroxyl groups is 1. The number of fused-ring (bicyclic) bond motifs is 6. The summed E-state index contributed by atoms with van der Waals surface area (Å²) in [7, 11) is 0. The smallest absolute Gasteiger partial charge is 0.240 e. The summed E-state index contributed by atoms with van der Waals surface area (Å²) in [6, 6.07) is 5.40. The molecule has 0 radical (unpaired) electrons. The Bertz CT molecular complexity index is 828. The van der Waals surface area contributed by atoms with Crippen LogP contribution >= 0.6 is 0 Å². The number of benzene rings is 1. The molecule has 0 unspecified atom stereocenters. The van der Waals surface area contributed by atoms with Gasteiger partial charge in [0.15, 0.2) is 6.23 Å². The molecule has 5 atom stereocenters. The minimum Gasteiger partial charge on any atom is -0.487 e. The van der Waals surface area contributed by atoms with Gasteiger partial charge >= 0.3 is 0 Å². The molecule has 8 nitrogen and oxygen atoms in total. The molecule has 2 bridgehead atoms. The Hall–Kier alpha value is -2.61. The van der Waals surface area contributed by atoms with Crippen molar-refractivity contribution in [2.45, 2.75) is 32.0 Å². The second-order valence-corrected chi connectivity index (χ2v) is 8.23. The van der Waals surface area contributed by atoms with Crippen LogP contribution in [0, 0.1) is 23.7 Å². The molecule has 2 saturated carbocycles. The first-order chi connectivity index (χ1) is 13.5. The number of likely N-dealkylation sites (tertiary alicyclic amines) is 1. The van der Waals surface area contributed by atoms with Crippen LogP contribution in [0.1, 0.15) is 24.8 Å². The zero-order chi connectivity index (χ0) is 19.4. The van der Waals surface area contributed by atoms with E-state index in [0.717, 1.165) is 29.7 Å². The largest absolute Gasteiger partial charge is 0.487 e. The number of ether oxygens (including phenoxy) is 1. The summed E-state index contributed by atoms with van der Waals surface area (Å²) in [6.07, 6.45) is 2.30. The van der Waals surface area contributed by atoms with E-state index >= 15 is 0 Å². The number of hydrogen-bond acceptors (Lipinski definition) is 6. The summed E-state index contributed by atoms with van der Waals surface area (Å²) in [5.41, 5.74) is 1.53. The van der Waals surface area contributed by atoms with E-state index in [-0.39, 0.29) is 49.3 Å². The lowest BCUT2D eigenvalue weighted by Crippen LogP contribution is -2.41. The summed E-state index contributed by atoms with van der Waals surface area (Å²) < 4.78 is 5.46. The summed E-state index contributed by atoms with van der Waals surface area (Å²) in [4.78, 5) is 38.9. The van der Waals surface area contributed by atoms with Crippen LogP contribution in [0.15, 0.2) is 18.2 Å². The van der Waals surface area contributed by atoms with Crippen molar-refractivity contribution in [3.63, 3.8) is 0 Å². The van der Waals surface area contributed by atoms with E-state index in [2.05, 4.69) is 10.6 Å². The van der Waals surface area contributed by atoms with Crippen molar-refractivity contribution in [3.05, 3.63) is 23.8 Å². The van der Waals surface area contributed by atoms with Crippen LogP contribution in [0.25, 0.3) is 0 Å². The Kier molecular flexibility index (Phi) is 4.04. The predicted octanol–water partition coefficient (Wildman–Crippen LogP) is 0.457. The van der Waals surface area contributed by atoms with Crippen molar-refractivity contribution in [2.75, 3.05) is 18.5 Å². The molecule has 1 aromatic rings. The van der Waals surface area contributed by atoms with Crippen LogP contribution in [-0.4, -0.2) is 47.1 Å². The molecule has 148 valence electrons. The van der Waals surface area contributed by atoms with Crippen molar-refractivity contribution in [3.8, 4) is 5.75 Å². The third-order valence-corrected chi connectivity index (χ3v) is 6.57. The van der Waals surface area contributed by atoms with Gasteiger partial charge in [-0.05, 0) is 48.8 Å². The first-order valence-electron chi connectivity index (χ1n) is 9.83. The maximum atomic E-state index is 12.7. The molecule has 2 aliphatic heterocycles. The van der Waals surface area contributed by atoms with Gasteiger partial charge in [0, 0.05) is 6.54 Å². The number of amides is 3. The molecule has 8 heteroatoms. The molecular weight excluding hydrogens is 362 g/mol. The van der Waals surface area contributed by atoms with Crippen LogP contribution < -0.4 is 15.4 Å². The number of carbonyl (C=O) groups excluding carboxylic acids is 3. The molecule has 1 saturated heterocycles. The third kappa shape index (κ3) is 2.74. The molecule has 0 aromatic heterocycles. The lowest BCUT2D eigenvalue weighted by Gasteiger charge is -2.24. The third-order valence-electron chi connectivity index (χ3n) is 6.57. The summed E-state index contributed by atoms with van der Waals surface area (Å²) in [6.45, 7) is 0.220. The van der Waals surface area contributed by atoms with Crippen LogP contribution in [0.5, 0.6) is 5.75 Å². The highest BCUT2D eigenvalue weighted by molar-refractivity contribution is 6.08. The second kappa shape index (κ2) is 6.48. The van der Waals surface area contributed by atoms with Crippen molar-refractivity contribution < 1.29 is 24.2 Å². The predicted molar refractivity (Wildman–Crippen MR) is 97.9 cm³/mol.